The van der Waals surface area contributed by atoms with E-state index in [-0.39, 0.29) is 6.09 Å². The van der Waals surface area contributed by atoms with Gasteiger partial charge in [0.1, 0.15) is 5.60 Å². The molecule has 1 N–H and O–H groups in total. The molecule has 0 saturated heterocycles. The first-order chi connectivity index (χ1) is 25.4. The van der Waals surface area contributed by atoms with E-state index in [2.05, 4.69) is 5.32 Å². The molecule has 0 fully saturated rings. The van der Waals surface area contributed by atoms with Crippen molar-refractivity contribution in [2.24, 2.45) is 0 Å². The third-order valence-corrected chi connectivity index (χ3v) is 6.24. The van der Waals surface area contributed by atoms with Crippen molar-refractivity contribution in [1.29, 1.82) is 0 Å². The molecule has 312 valence electrons. The smallest absolute Gasteiger partial charge is 0.410 e. The Morgan fingerprint density at radius 2 is 0.615 bits per heavy atom. The molecular formula is C35H72N2O15. The standard InChI is InChI=1S/C35H72N2O15/c1-35(2,3)52-34(38)37(5)7-9-40-11-13-42-15-17-44-19-21-46-23-25-48-27-29-50-31-33-51-32-30-49-28-26-47-24-22-45-20-18-43-16-14-41-12-10-39-8-6-36-4/h36H,6-33H2,1-5H3. The summed E-state index contributed by atoms with van der Waals surface area (Å²) >= 11 is 0. The zero-order valence-corrected chi connectivity index (χ0v) is 32.9. The lowest BCUT2D eigenvalue weighted by atomic mass is 10.2. The van der Waals surface area contributed by atoms with E-state index in [0.717, 1.165) is 6.54 Å². The molecule has 0 aromatic rings. The summed E-state index contributed by atoms with van der Waals surface area (Å²) < 4.78 is 76.3. The zero-order chi connectivity index (χ0) is 38.1. The number of carbonyl (C=O) groups excluding carboxylic acids is 1. The van der Waals surface area contributed by atoms with E-state index in [0.29, 0.717) is 178 Å². The van der Waals surface area contributed by atoms with E-state index in [1.54, 1.807) is 7.05 Å². The normalized spacial score (nSPS) is 11.8. The zero-order valence-electron chi connectivity index (χ0n) is 32.9. The Morgan fingerprint density at radius 1 is 0.404 bits per heavy atom. The second-order valence-corrected chi connectivity index (χ2v) is 12.0. The van der Waals surface area contributed by atoms with Gasteiger partial charge in [0.05, 0.1) is 172 Å². The van der Waals surface area contributed by atoms with Crippen molar-refractivity contribution < 1.29 is 71.1 Å². The van der Waals surface area contributed by atoms with E-state index in [1.807, 2.05) is 27.8 Å². The number of hydrogen-bond acceptors (Lipinski definition) is 16. The number of nitrogens with one attached hydrogen (secondary N) is 1. The first-order valence-corrected chi connectivity index (χ1v) is 18.5. The molecule has 0 heterocycles. The van der Waals surface area contributed by atoms with Crippen LogP contribution < -0.4 is 5.32 Å². The van der Waals surface area contributed by atoms with E-state index >= 15 is 0 Å². The molecule has 0 spiro atoms. The highest BCUT2D eigenvalue weighted by atomic mass is 16.6. The largest absolute Gasteiger partial charge is 0.444 e. The topological polar surface area (TPSA) is 162 Å². The lowest BCUT2D eigenvalue weighted by Crippen LogP contribution is -2.36. The Labute approximate surface area is 312 Å². The molecule has 0 aliphatic rings. The van der Waals surface area contributed by atoms with Crippen LogP contribution in [0, 0.1) is 0 Å². The molecule has 52 heavy (non-hydrogen) atoms. The summed E-state index contributed by atoms with van der Waals surface area (Å²) in [4.78, 5) is 13.4. The minimum absolute atomic E-state index is 0.365. The van der Waals surface area contributed by atoms with Crippen LogP contribution in [-0.2, 0) is 66.3 Å². The predicted octanol–water partition coefficient (Wildman–Crippen LogP) is 1.29. The molecule has 0 aromatic carbocycles. The quantitative estimate of drug-likeness (QED) is 0.0886. The number of rotatable bonds is 42. The number of nitrogens with zero attached hydrogens (tertiary/aromatic N) is 1. The predicted molar refractivity (Wildman–Crippen MR) is 193 cm³/mol. The van der Waals surface area contributed by atoms with Gasteiger partial charge in [-0.1, -0.05) is 0 Å². The Morgan fingerprint density at radius 3 is 0.827 bits per heavy atom. The van der Waals surface area contributed by atoms with Crippen LogP contribution in [-0.4, -0.2) is 216 Å². The van der Waals surface area contributed by atoms with Crippen molar-refractivity contribution in [2.75, 3.05) is 199 Å². The third-order valence-electron chi connectivity index (χ3n) is 6.24. The first kappa shape index (κ1) is 50.7. The third kappa shape index (κ3) is 43.1. The monoisotopic (exact) mass is 760 g/mol. The maximum absolute atomic E-state index is 11.9. The Bertz CT molecular complexity index is 722. The van der Waals surface area contributed by atoms with Crippen molar-refractivity contribution in [3.63, 3.8) is 0 Å². The van der Waals surface area contributed by atoms with Gasteiger partial charge in [0, 0.05) is 20.1 Å². The molecular weight excluding hydrogens is 688 g/mol. The van der Waals surface area contributed by atoms with Gasteiger partial charge in [0.2, 0.25) is 0 Å². The van der Waals surface area contributed by atoms with Crippen LogP contribution in [0.2, 0.25) is 0 Å². The van der Waals surface area contributed by atoms with E-state index in [4.69, 9.17) is 66.3 Å². The van der Waals surface area contributed by atoms with Crippen LogP contribution in [0.15, 0.2) is 0 Å². The van der Waals surface area contributed by atoms with Crippen molar-refractivity contribution in [1.82, 2.24) is 10.2 Å². The van der Waals surface area contributed by atoms with Gasteiger partial charge in [-0.25, -0.2) is 4.79 Å². The summed E-state index contributed by atoms with van der Waals surface area (Å²) in [6.07, 6.45) is -0.365. The maximum atomic E-state index is 11.9. The molecule has 0 unspecified atom stereocenters. The highest BCUT2D eigenvalue weighted by molar-refractivity contribution is 5.67. The van der Waals surface area contributed by atoms with Crippen LogP contribution in [0.1, 0.15) is 20.8 Å². The molecule has 0 rings (SSSR count). The van der Waals surface area contributed by atoms with Gasteiger partial charge in [-0.3, -0.25) is 0 Å². The van der Waals surface area contributed by atoms with Crippen LogP contribution in [0.25, 0.3) is 0 Å². The van der Waals surface area contributed by atoms with Gasteiger partial charge in [-0.05, 0) is 27.8 Å². The molecule has 0 radical (unpaired) electrons. The van der Waals surface area contributed by atoms with Gasteiger partial charge >= 0.3 is 6.09 Å². The minimum Gasteiger partial charge on any atom is -0.444 e. The van der Waals surface area contributed by atoms with E-state index in [9.17, 15) is 4.79 Å². The second kappa shape index (κ2) is 40.9. The molecule has 0 aliphatic carbocycles. The van der Waals surface area contributed by atoms with Crippen molar-refractivity contribution in [2.45, 2.75) is 26.4 Å². The average Bonchev–Trinajstić information content (AvgIpc) is 3.11. The molecule has 0 aromatic heterocycles. The highest BCUT2D eigenvalue weighted by Crippen LogP contribution is 2.08. The van der Waals surface area contributed by atoms with Crippen LogP contribution in [0.4, 0.5) is 4.79 Å². The van der Waals surface area contributed by atoms with Crippen molar-refractivity contribution in [3.8, 4) is 0 Å². The Balaban J connectivity index is 3.13. The second-order valence-electron chi connectivity index (χ2n) is 12.0. The number of likely N-dealkylation sites (N-methyl/N-ethyl adjacent to an activating group) is 2. The fourth-order valence-electron chi connectivity index (χ4n) is 3.55. The minimum atomic E-state index is -0.512. The SMILES string of the molecule is CNCCOCCOCCOCCOCCOCCOCCOCCOCCOCCOCCOCCOCCOCCN(C)C(=O)OC(C)(C)C. The van der Waals surface area contributed by atoms with Gasteiger partial charge < -0.3 is 76.5 Å². The van der Waals surface area contributed by atoms with Gasteiger partial charge in [-0.15, -0.1) is 0 Å². The molecule has 0 aliphatic heterocycles. The molecule has 17 nitrogen and oxygen atoms in total. The highest BCUT2D eigenvalue weighted by Gasteiger charge is 2.19. The molecule has 0 atom stereocenters. The van der Waals surface area contributed by atoms with Crippen LogP contribution in [0.3, 0.4) is 0 Å². The number of ether oxygens (including phenoxy) is 14. The lowest BCUT2D eigenvalue weighted by molar-refractivity contribution is -0.0291. The lowest BCUT2D eigenvalue weighted by Gasteiger charge is -2.24. The molecule has 17 heteroatoms. The van der Waals surface area contributed by atoms with Gasteiger partial charge in [0.25, 0.3) is 0 Å². The fraction of sp³-hybridized carbons (Fsp3) is 0.971. The van der Waals surface area contributed by atoms with Crippen molar-refractivity contribution >= 4 is 6.09 Å². The summed E-state index contributed by atoms with van der Waals surface area (Å²) in [6, 6.07) is 0. The molecule has 0 bridgehead atoms. The molecule has 0 saturated carbocycles. The summed E-state index contributed by atoms with van der Waals surface area (Å²) in [5.41, 5.74) is -0.512. The Kier molecular flexibility index (Phi) is 39.9. The summed E-state index contributed by atoms with van der Waals surface area (Å²) in [5.74, 6) is 0. The van der Waals surface area contributed by atoms with E-state index < -0.39 is 5.60 Å². The number of carbonyl (C=O) groups is 1. The summed E-state index contributed by atoms with van der Waals surface area (Å²) in [5, 5.41) is 3.02. The maximum Gasteiger partial charge on any atom is 0.410 e. The number of hydrogen-bond donors (Lipinski definition) is 1. The summed E-state index contributed by atoms with van der Waals surface area (Å²) in [6.45, 7) is 20.0. The fourth-order valence-corrected chi connectivity index (χ4v) is 3.55. The average molecular weight is 761 g/mol. The van der Waals surface area contributed by atoms with Crippen LogP contribution >= 0.6 is 0 Å². The Hall–Kier alpha value is -1.29. The van der Waals surface area contributed by atoms with Crippen molar-refractivity contribution in [3.05, 3.63) is 0 Å². The number of amides is 1. The van der Waals surface area contributed by atoms with Gasteiger partial charge in [0.15, 0.2) is 0 Å². The van der Waals surface area contributed by atoms with Crippen LogP contribution in [0.5, 0.6) is 0 Å². The van der Waals surface area contributed by atoms with Gasteiger partial charge in [-0.2, -0.15) is 0 Å². The first-order valence-electron chi connectivity index (χ1n) is 18.5. The summed E-state index contributed by atoms with van der Waals surface area (Å²) in [7, 11) is 3.57. The molecule has 1 amide bonds. The van der Waals surface area contributed by atoms with E-state index in [1.165, 1.54) is 4.90 Å².